The summed E-state index contributed by atoms with van der Waals surface area (Å²) in [6.07, 6.45) is 7.18. The van der Waals surface area contributed by atoms with Crippen LogP contribution in [-0.4, -0.2) is 22.8 Å². The van der Waals surface area contributed by atoms with Gasteiger partial charge >= 0.3 is 6.61 Å². The average Bonchev–Trinajstić information content (AvgIpc) is 2.76. The van der Waals surface area contributed by atoms with E-state index >= 15 is 0 Å². The molecule has 0 aliphatic heterocycles. The number of aliphatic hydroxyl groups is 1. The zero-order chi connectivity index (χ0) is 21.6. The monoisotopic (exact) mass is 425 g/mol. The van der Waals surface area contributed by atoms with Crippen LogP contribution >= 0.6 is 0 Å². The first-order chi connectivity index (χ1) is 15.1. The molecule has 0 amide bonds. The van der Waals surface area contributed by atoms with Crippen molar-refractivity contribution in [2.45, 2.75) is 50.9 Å². The van der Waals surface area contributed by atoms with E-state index in [4.69, 9.17) is 9.47 Å². The lowest BCUT2D eigenvalue weighted by Gasteiger charge is -2.28. The SMILES string of the molecule is OCc1ccc(C(Cc2ccncc2)c2ccc(OC(F)F)c(OC3CCC3)c2)cc1. The Bertz CT molecular complexity index is 976. The molecule has 4 nitrogen and oxygen atoms in total. The summed E-state index contributed by atoms with van der Waals surface area (Å²) < 4.78 is 36.5. The highest BCUT2D eigenvalue weighted by Gasteiger charge is 2.24. The predicted octanol–water partition coefficient (Wildman–Crippen LogP) is 5.48. The van der Waals surface area contributed by atoms with Crippen molar-refractivity contribution >= 4 is 0 Å². The fourth-order valence-corrected chi connectivity index (χ4v) is 3.73. The van der Waals surface area contributed by atoms with Gasteiger partial charge in [-0.25, -0.2) is 0 Å². The van der Waals surface area contributed by atoms with Crippen LogP contribution in [0.3, 0.4) is 0 Å². The van der Waals surface area contributed by atoms with Gasteiger partial charge in [0.2, 0.25) is 0 Å². The molecule has 1 unspecified atom stereocenters. The number of hydrogen-bond acceptors (Lipinski definition) is 4. The van der Waals surface area contributed by atoms with Crippen LogP contribution in [0.25, 0.3) is 0 Å². The van der Waals surface area contributed by atoms with Gasteiger partial charge in [0.1, 0.15) is 0 Å². The Balaban J connectivity index is 1.70. The summed E-state index contributed by atoms with van der Waals surface area (Å²) >= 11 is 0. The third kappa shape index (κ3) is 5.39. The summed E-state index contributed by atoms with van der Waals surface area (Å²) in [7, 11) is 0. The number of ether oxygens (including phenoxy) is 2. The minimum Gasteiger partial charge on any atom is -0.487 e. The molecule has 3 aromatic rings. The van der Waals surface area contributed by atoms with E-state index in [1.807, 2.05) is 48.5 Å². The number of aromatic nitrogens is 1. The van der Waals surface area contributed by atoms with Crippen LogP contribution in [0, 0.1) is 0 Å². The predicted molar refractivity (Wildman–Crippen MR) is 113 cm³/mol. The molecular formula is C25H25F2NO3. The molecule has 1 aliphatic rings. The molecule has 1 atom stereocenters. The molecule has 0 bridgehead atoms. The Morgan fingerprint density at radius 1 is 0.903 bits per heavy atom. The topological polar surface area (TPSA) is 51.6 Å². The third-order valence-corrected chi connectivity index (χ3v) is 5.69. The van der Waals surface area contributed by atoms with Gasteiger partial charge in [0.25, 0.3) is 0 Å². The van der Waals surface area contributed by atoms with Crippen molar-refractivity contribution < 1.29 is 23.4 Å². The summed E-state index contributed by atoms with van der Waals surface area (Å²) in [5, 5.41) is 9.37. The lowest BCUT2D eigenvalue weighted by Crippen LogP contribution is -2.25. The van der Waals surface area contributed by atoms with Gasteiger partial charge in [-0.2, -0.15) is 8.78 Å². The van der Waals surface area contributed by atoms with Crippen LogP contribution in [0.15, 0.2) is 67.0 Å². The van der Waals surface area contributed by atoms with Gasteiger partial charge in [-0.3, -0.25) is 4.98 Å². The first-order valence-corrected chi connectivity index (χ1v) is 10.5. The van der Waals surface area contributed by atoms with E-state index < -0.39 is 6.61 Å². The normalized spacial score (nSPS) is 14.8. The molecule has 1 aliphatic carbocycles. The van der Waals surface area contributed by atoms with E-state index in [9.17, 15) is 13.9 Å². The van der Waals surface area contributed by atoms with Crippen LogP contribution < -0.4 is 9.47 Å². The van der Waals surface area contributed by atoms with Gasteiger partial charge in [-0.15, -0.1) is 0 Å². The average molecular weight is 425 g/mol. The summed E-state index contributed by atoms with van der Waals surface area (Å²) in [5.74, 6) is 0.387. The maximum absolute atomic E-state index is 12.9. The number of hydrogen-bond donors (Lipinski definition) is 1. The lowest BCUT2D eigenvalue weighted by atomic mass is 9.85. The van der Waals surface area contributed by atoms with E-state index in [2.05, 4.69) is 4.98 Å². The Morgan fingerprint density at radius 3 is 2.23 bits per heavy atom. The van der Waals surface area contributed by atoms with Gasteiger partial charge in [0.05, 0.1) is 12.7 Å². The second-order valence-electron chi connectivity index (χ2n) is 7.77. The molecule has 1 heterocycles. The van der Waals surface area contributed by atoms with Crippen molar-refractivity contribution in [3.8, 4) is 11.5 Å². The van der Waals surface area contributed by atoms with Gasteiger partial charge in [0.15, 0.2) is 11.5 Å². The van der Waals surface area contributed by atoms with Crippen LogP contribution in [0.2, 0.25) is 0 Å². The zero-order valence-corrected chi connectivity index (χ0v) is 17.1. The van der Waals surface area contributed by atoms with Gasteiger partial charge in [-0.1, -0.05) is 30.3 Å². The largest absolute Gasteiger partial charge is 0.487 e. The number of halogens is 2. The fraction of sp³-hybridized carbons (Fsp3) is 0.320. The van der Waals surface area contributed by atoms with Gasteiger partial charge in [0, 0.05) is 18.3 Å². The van der Waals surface area contributed by atoms with Crippen molar-refractivity contribution in [2.24, 2.45) is 0 Å². The standard InChI is InChI=1S/C25H25F2NO3/c26-25(27)31-23-9-8-20(15-24(23)30-21-2-1-3-21)22(14-17-10-12-28-13-11-17)19-6-4-18(16-29)5-7-19/h4-13,15,21-22,25,29H,1-3,14,16H2. The van der Waals surface area contributed by atoms with Gasteiger partial charge < -0.3 is 14.6 Å². The van der Waals surface area contributed by atoms with E-state index in [0.717, 1.165) is 41.5 Å². The first-order valence-electron chi connectivity index (χ1n) is 10.5. The molecule has 1 N–H and O–H groups in total. The maximum Gasteiger partial charge on any atom is 0.387 e. The minimum absolute atomic E-state index is 0.0195. The molecule has 0 saturated heterocycles. The summed E-state index contributed by atoms with van der Waals surface area (Å²) in [5.41, 5.74) is 3.96. The minimum atomic E-state index is -2.91. The Hall–Kier alpha value is -2.99. The van der Waals surface area contributed by atoms with Crippen LogP contribution in [0.5, 0.6) is 11.5 Å². The molecule has 0 radical (unpaired) electrons. The second kappa shape index (κ2) is 9.88. The molecule has 1 saturated carbocycles. The van der Waals surface area contributed by atoms with Crippen molar-refractivity contribution in [1.82, 2.24) is 4.98 Å². The molecule has 6 heteroatoms. The number of pyridine rings is 1. The van der Waals surface area contributed by atoms with Crippen LogP contribution in [-0.2, 0) is 13.0 Å². The number of nitrogens with zero attached hydrogens (tertiary/aromatic N) is 1. The number of alkyl halides is 2. The highest BCUT2D eigenvalue weighted by atomic mass is 19.3. The van der Waals surface area contributed by atoms with Crippen molar-refractivity contribution in [3.05, 3.63) is 89.2 Å². The summed E-state index contributed by atoms with van der Waals surface area (Å²) in [4.78, 5) is 4.09. The van der Waals surface area contributed by atoms with E-state index in [0.29, 0.717) is 12.2 Å². The molecular weight excluding hydrogens is 400 g/mol. The first kappa shape index (κ1) is 21.2. The smallest absolute Gasteiger partial charge is 0.387 e. The van der Waals surface area contributed by atoms with E-state index in [-0.39, 0.29) is 24.4 Å². The number of aliphatic hydroxyl groups excluding tert-OH is 1. The highest BCUT2D eigenvalue weighted by molar-refractivity contribution is 5.47. The summed E-state index contributed by atoms with van der Waals surface area (Å²) in [6.45, 7) is -2.93. The summed E-state index contributed by atoms with van der Waals surface area (Å²) in [6, 6.07) is 16.9. The molecule has 0 spiro atoms. The van der Waals surface area contributed by atoms with Crippen molar-refractivity contribution in [3.63, 3.8) is 0 Å². The molecule has 2 aromatic carbocycles. The van der Waals surface area contributed by atoms with Gasteiger partial charge in [-0.05, 0) is 72.2 Å². The maximum atomic E-state index is 12.9. The fourth-order valence-electron chi connectivity index (χ4n) is 3.73. The molecule has 4 rings (SSSR count). The zero-order valence-electron chi connectivity index (χ0n) is 17.1. The third-order valence-electron chi connectivity index (χ3n) is 5.69. The quantitative estimate of drug-likeness (QED) is 0.493. The number of rotatable bonds is 9. The Morgan fingerprint density at radius 2 is 1.61 bits per heavy atom. The Kier molecular flexibility index (Phi) is 6.77. The lowest BCUT2D eigenvalue weighted by molar-refractivity contribution is -0.0527. The van der Waals surface area contributed by atoms with Crippen molar-refractivity contribution in [1.29, 1.82) is 0 Å². The number of benzene rings is 2. The van der Waals surface area contributed by atoms with Crippen LogP contribution in [0.4, 0.5) is 8.78 Å². The molecule has 31 heavy (non-hydrogen) atoms. The van der Waals surface area contributed by atoms with Crippen molar-refractivity contribution in [2.75, 3.05) is 0 Å². The van der Waals surface area contributed by atoms with Crippen LogP contribution in [0.1, 0.15) is 47.4 Å². The highest BCUT2D eigenvalue weighted by Crippen LogP contribution is 2.38. The molecule has 162 valence electrons. The van der Waals surface area contributed by atoms with E-state index in [1.54, 1.807) is 18.5 Å². The molecule has 1 aromatic heterocycles. The Labute approximate surface area is 180 Å². The second-order valence-corrected chi connectivity index (χ2v) is 7.77. The molecule has 1 fully saturated rings. The van der Waals surface area contributed by atoms with E-state index in [1.165, 1.54) is 0 Å².